The molecule has 0 fully saturated rings. The maximum atomic E-state index is 13.0. The molecule has 1 amide bonds. The van der Waals surface area contributed by atoms with Gasteiger partial charge in [-0.25, -0.2) is 9.78 Å². The highest BCUT2D eigenvalue weighted by Crippen LogP contribution is 2.22. The Morgan fingerprint density at radius 3 is 2.67 bits per heavy atom. The first kappa shape index (κ1) is 19.0. The third kappa shape index (κ3) is 3.71. The van der Waals surface area contributed by atoms with Crippen molar-refractivity contribution in [3.63, 3.8) is 0 Å². The maximum absolute atomic E-state index is 13.0. The molecule has 0 bridgehead atoms. The van der Waals surface area contributed by atoms with Gasteiger partial charge in [-0.15, -0.1) is 0 Å². The number of fused-ring (bicyclic) bond motifs is 1. The van der Waals surface area contributed by atoms with Crippen molar-refractivity contribution < 1.29 is 4.79 Å². The van der Waals surface area contributed by atoms with Gasteiger partial charge in [0, 0.05) is 22.4 Å². The van der Waals surface area contributed by atoms with Crippen LogP contribution in [0, 0.1) is 0 Å². The minimum atomic E-state index is -0.623. The van der Waals surface area contributed by atoms with Crippen molar-refractivity contribution in [2.75, 3.05) is 5.32 Å². The molecule has 0 spiro atoms. The number of carbonyl (C=O) groups excluding carboxylic acids is 1. The molecule has 27 heavy (non-hydrogen) atoms. The van der Waals surface area contributed by atoms with E-state index in [0.717, 1.165) is 4.47 Å². The smallest absolute Gasteiger partial charge is 0.322 e. The van der Waals surface area contributed by atoms with Crippen LogP contribution in [0.15, 0.2) is 44.4 Å². The van der Waals surface area contributed by atoms with Crippen molar-refractivity contribution in [1.82, 2.24) is 14.5 Å². The molecule has 2 heterocycles. The molecule has 7 nitrogen and oxygen atoms in total. The van der Waals surface area contributed by atoms with Gasteiger partial charge in [0.05, 0.1) is 10.9 Å². The lowest BCUT2D eigenvalue weighted by Gasteiger charge is -2.14. The molecule has 3 aromatic rings. The van der Waals surface area contributed by atoms with E-state index in [0.29, 0.717) is 17.9 Å². The number of hydrogen-bond acceptors (Lipinski definition) is 4. The molecule has 0 aliphatic rings. The van der Waals surface area contributed by atoms with Crippen LogP contribution in [0.1, 0.15) is 42.7 Å². The molecule has 0 saturated heterocycles. The monoisotopic (exact) mass is 430 g/mol. The Morgan fingerprint density at radius 1 is 1.30 bits per heavy atom. The van der Waals surface area contributed by atoms with E-state index in [9.17, 15) is 14.4 Å². The summed E-state index contributed by atoms with van der Waals surface area (Å²) in [6.45, 7) is 5.98. The lowest BCUT2D eigenvalue weighted by molar-refractivity contribution is 0.102. The number of pyridine rings is 1. The number of benzene rings is 1. The zero-order valence-corrected chi connectivity index (χ0v) is 16.8. The fourth-order valence-corrected chi connectivity index (χ4v) is 3.23. The molecule has 0 atom stereocenters. The van der Waals surface area contributed by atoms with Gasteiger partial charge in [-0.1, -0.05) is 35.8 Å². The van der Waals surface area contributed by atoms with Crippen molar-refractivity contribution >= 4 is 38.6 Å². The molecule has 0 aliphatic carbocycles. The van der Waals surface area contributed by atoms with E-state index in [-0.39, 0.29) is 22.5 Å². The fourth-order valence-electron chi connectivity index (χ4n) is 2.83. The SMILES string of the molecule is CCn1c(=O)[nH]c(=O)c2c(C(=O)Nc3cccc(Br)c3)cc(C(C)C)nc21. The van der Waals surface area contributed by atoms with Crippen LogP contribution in [0.2, 0.25) is 0 Å². The molecule has 3 rings (SSSR count). The second kappa shape index (κ2) is 7.48. The summed E-state index contributed by atoms with van der Waals surface area (Å²) in [5.41, 5.74) is 0.465. The normalized spacial score (nSPS) is 11.1. The number of rotatable bonds is 4. The number of amides is 1. The average Bonchev–Trinajstić information content (AvgIpc) is 2.60. The summed E-state index contributed by atoms with van der Waals surface area (Å²) < 4.78 is 2.18. The number of carbonyl (C=O) groups is 1. The highest BCUT2D eigenvalue weighted by atomic mass is 79.9. The van der Waals surface area contributed by atoms with E-state index in [2.05, 4.69) is 31.2 Å². The fraction of sp³-hybridized carbons (Fsp3) is 0.263. The number of aromatic nitrogens is 3. The number of anilines is 1. The van der Waals surface area contributed by atoms with E-state index in [1.54, 1.807) is 31.2 Å². The van der Waals surface area contributed by atoms with Gasteiger partial charge >= 0.3 is 5.69 Å². The first-order valence-corrected chi connectivity index (χ1v) is 9.35. The van der Waals surface area contributed by atoms with Crippen LogP contribution in [0.5, 0.6) is 0 Å². The Bertz CT molecular complexity index is 1150. The van der Waals surface area contributed by atoms with Crippen LogP contribution in [0.4, 0.5) is 5.69 Å². The lowest BCUT2D eigenvalue weighted by atomic mass is 10.0. The zero-order valence-electron chi connectivity index (χ0n) is 15.2. The highest BCUT2D eigenvalue weighted by molar-refractivity contribution is 9.10. The van der Waals surface area contributed by atoms with Gasteiger partial charge in [0.2, 0.25) is 0 Å². The average molecular weight is 431 g/mol. The molecule has 0 unspecified atom stereocenters. The summed E-state index contributed by atoms with van der Waals surface area (Å²) in [5.74, 6) is -0.416. The Hall–Kier alpha value is -2.74. The van der Waals surface area contributed by atoms with E-state index in [4.69, 9.17) is 0 Å². The second-order valence-electron chi connectivity index (χ2n) is 6.42. The second-order valence-corrected chi connectivity index (χ2v) is 7.33. The van der Waals surface area contributed by atoms with E-state index in [1.807, 2.05) is 19.9 Å². The van der Waals surface area contributed by atoms with Crippen LogP contribution >= 0.6 is 15.9 Å². The van der Waals surface area contributed by atoms with Gasteiger partial charge in [0.25, 0.3) is 11.5 Å². The van der Waals surface area contributed by atoms with Gasteiger partial charge in [-0.05, 0) is 37.1 Å². The van der Waals surface area contributed by atoms with Crippen LogP contribution in [-0.2, 0) is 6.54 Å². The van der Waals surface area contributed by atoms with Crippen molar-refractivity contribution in [2.24, 2.45) is 0 Å². The topological polar surface area (TPSA) is 96.9 Å². The number of H-pyrrole nitrogens is 1. The molecular formula is C19H19BrN4O3. The van der Waals surface area contributed by atoms with Gasteiger partial charge in [0.1, 0.15) is 0 Å². The number of nitrogens with zero attached hydrogens (tertiary/aromatic N) is 2. The first-order chi connectivity index (χ1) is 12.8. The molecule has 2 N–H and O–H groups in total. The third-order valence-electron chi connectivity index (χ3n) is 4.20. The number of halogens is 1. The number of hydrogen-bond donors (Lipinski definition) is 2. The zero-order chi connectivity index (χ0) is 19.7. The minimum Gasteiger partial charge on any atom is -0.322 e. The van der Waals surface area contributed by atoms with Gasteiger partial charge < -0.3 is 5.32 Å². The number of aromatic amines is 1. The van der Waals surface area contributed by atoms with Crippen molar-refractivity contribution in [1.29, 1.82) is 0 Å². The number of nitrogens with one attached hydrogen (secondary N) is 2. The lowest BCUT2D eigenvalue weighted by Crippen LogP contribution is -2.32. The molecular weight excluding hydrogens is 412 g/mol. The largest absolute Gasteiger partial charge is 0.329 e. The quantitative estimate of drug-likeness (QED) is 0.663. The predicted molar refractivity (Wildman–Crippen MR) is 108 cm³/mol. The van der Waals surface area contributed by atoms with E-state index >= 15 is 0 Å². The Labute approximate surface area is 163 Å². The summed E-state index contributed by atoms with van der Waals surface area (Å²) in [6, 6.07) is 8.77. The third-order valence-corrected chi connectivity index (χ3v) is 4.70. The van der Waals surface area contributed by atoms with Crippen LogP contribution in [0.3, 0.4) is 0 Å². The van der Waals surface area contributed by atoms with Gasteiger partial charge in [-0.3, -0.25) is 19.1 Å². The Balaban J connectivity index is 2.26. The van der Waals surface area contributed by atoms with Gasteiger partial charge in [0.15, 0.2) is 5.65 Å². The molecule has 1 aromatic carbocycles. The van der Waals surface area contributed by atoms with Crippen molar-refractivity contribution in [3.05, 3.63) is 66.9 Å². The van der Waals surface area contributed by atoms with E-state index < -0.39 is 17.2 Å². The molecule has 8 heteroatoms. The Kier molecular flexibility index (Phi) is 5.27. The molecule has 0 aliphatic heterocycles. The van der Waals surface area contributed by atoms with E-state index in [1.165, 1.54) is 4.57 Å². The summed E-state index contributed by atoms with van der Waals surface area (Å²) in [4.78, 5) is 44.3. The standard InChI is InChI=1S/C19H19BrN4O3/c1-4-24-16-15(18(26)23-19(24)27)13(9-14(22-16)10(2)3)17(25)21-12-7-5-6-11(20)8-12/h5-10H,4H2,1-3H3,(H,21,25)(H,23,26,27). The van der Waals surface area contributed by atoms with Crippen LogP contribution in [-0.4, -0.2) is 20.4 Å². The molecule has 0 radical (unpaired) electrons. The highest BCUT2D eigenvalue weighted by Gasteiger charge is 2.20. The summed E-state index contributed by atoms with van der Waals surface area (Å²) in [5, 5.41) is 2.90. The first-order valence-electron chi connectivity index (χ1n) is 8.56. The summed E-state index contributed by atoms with van der Waals surface area (Å²) in [7, 11) is 0. The molecule has 2 aromatic heterocycles. The minimum absolute atomic E-state index is 0.0199. The number of aryl methyl sites for hydroxylation is 1. The Morgan fingerprint density at radius 2 is 2.04 bits per heavy atom. The van der Waals surface area contributed by atoms with Gasteiger partial charge in [-0.2, -0.15) is 0 Å². The predicted octanol–water partition coefficient (Wildman–Crippen LogP) is 3.24. The molecule has 0 saturated carbocycles. The van der Waals surface area contributed by atoms with Crippen molar-refractivity contribution in [3.8, 4) is 0 Å². The molecule has 140 valence electrons. The maximum Gasteiger partial charge on any atom is 0.329 e. The summed E-state index contributed by atoms with van der Waals surface area (Å²) in [6.07, 6.45) is 0. The summed E-state index contributed by atoms with van der Waals surface area (Å²) >= 11 is 3.36. The van der Waals surface area contributed by atoms with Crippen LogP contribution in [0.25, 0.3) is 11.0 Å². The van der Waals surface area contributed by atoms with Crippen molar-refractivity contribution in [2.45, 2.75) is 33.2 Å². The van der Waals surface area contributed by atoms with Crippen LogP contribution < -0.4 is 16.6 Å².